The third-order valence-electron chi connectivity index (χ3n) is 2.04. The molecule has 0 aliphatic heterocycles. The van der Waals surface area contributed by atoms with Crippen molar-refractivity contribution in [2.45, 2.75) is 5.92 Å². The molecule has 0 bridgehead atoms. The van der Waals surface area contributed by atoms with Gasteiger partial charge in [-0.25, -0.2) is 0 Å². The summed E-state index contributed by atoms with van der Waals surface area (Å²) in [7, 11) is 1.51. The summed E-state index contributed by atoms with van der Waals surface area (Å²) in [6.07, 6.45) is 0. The fourth-order valence-electron chi connectivity index (χ4n) is 1.16. The van der Waals surface area contributed by atoms with E-state index in [1.54, 1.807) is 18.2 Å². The van der Waals surface area contributed by atoms with Gasteiger partial charge in [-0.2, -0.15) is 5.26 Å². The Kier molecular flexibility index (Phi) is 3.49. The van der Waals surface area contributed by atoms with Crippen LogP contribution in [0.25, 0.3) is 0 Å². The maximum Gasteiger partial charge on any atom is 0.136 e. The van der Waals surface area contributed by atoms with Crippen LogP contribution in [0, 0.1) is 18.3 Å². The van der Waals surface area contributed by atoms with Crippen molar-refractivity contribution in [3.63, 3.8) is 0 Å². The molecule has 0 fully saturated rings. The van der Waals surface area contributed by atoms with Crippen molar-refractivity contribution in [2.75, 3.05) is 13.7 Å². The quantitative estimate of drug-likeness (QED) is 0.785. The average molecular weight is 190 g/mol. The molecule has 0 saturated carbocycles. The molecule has 1 aromatic rings. The van der Waals surface area contributed by atoms with E-state index in [1.807, 2.05) is 6.07 Å². The van der Waals surface area contributed by atoms with Gasteiger partial charge in [0.1, 0.15) is 11.8 Å². The Balaban J connectivity index is 3.09. The second-order valence-electron chi connectivity index (χ2n) is 2.95. The highest BCUT2D eigenvalue weighted by molar-refractivity contribution is 5.46. The maximum absolute atomic E-state index is 8.91. The summed E-state index contributed by atoms with van der Waals surface area (Å²) in [6.45, 7) is 3.75. The molecule has 1 radical (unpaired) electrons. The van der Waals surface area contributed by atoms with Crippen LogP contribution in [0.1, 0.15) is 17.0 Å². The fraction of sp³-hybridized carbons (Fsp3) is 0.273. The van der Waals surface area contributed by atoms with E-state index in [9.17, 15) is 0 Å². The lowest BCUT2D eigenvalue weighted by Gasteiger charge is -2.10. The number of nitrogens with zero attached hydrogens (tertiary/aromatic N) is 1. The molecule has 0 saturated heterocycles. The number of rotatable bonds is 3. The van der Waals surface area contributed by atoms with Crippen LogP contribution in [-0.4, -0.2) is 18.8 Å². The van der Waals surface area contributed by atoms with Gasteiger partial charge in [0.25, 0.3) is 0 Å². The molecule has 73 valence electrons. The lowest BCUT2D eigenvalue weighted by Crippen LogP contribution is -2.00. The smallest absolute Gasteiger partial charge is 0.136 e. The summed E-state index contributed by atoms with van der Waals surface area (Å²) in [5.41, 5.74) is 1.35. The summed E-state index contributed by atoms with van der Waals surface area (Å²) in [6, 6.07) is 7.19. The molecule has 0 aliphatic rings. The molecule has 1 rings (SSSR count). The Bertz CT molecular complexity index is 355. The summed E-state index contributed by atoms with van der Waals surface area (Å²) < 4.78 is 5.04. The number of nitriles is 1. The van der Waals surface area contributed by atoms with Gasteiger partial charge in [0.05, 0.1) is 12.7 Å². The molecule has 0 aromatic heterocycles. The minimum absolute atomic E-state index is 0.0188. The largest absolute Gasteiger partial charge is 0.495 e. The summed E-state index contributed by atoms with van der Waals surface area (Å²) in [5.74, 6) is 0.337. The zero-order valence-corrected chi connectivity index (χ0v) is 8.03. The standard InChI is InChI=1S/C11H12NO2/c1-8(7-13)9-3-4-10(6-12)11(5-9)14-2/h3-5,8,13H,1,7H2,2H3. The predicted octanol–water partition coefficient (Wildman–Crippen LogP) is 1.48. The molecule has 0 aliphatic carbocycles. The van der Waals surface area contributed by atoms with Gasteiger partial charge in [-0.1, -0.05) is 6.07 Å². The van der Waals surface area contributed by atoms with E-state index in [2.05, 4.69) is 6.92 Å². The topological polar surface area (TPSA) is 53.2 Å². The van der Waals surface area contributed by atoms with E-state index < -0.39 is 0 Å². The van der Waals surface area contributed by atoms with Gasteiger partial charge in [0.2, 0.25) is 0 Å². The van der Waals surface area contributed by atoms with Crippen molar-refractivity contribution in [3.8, 4) is 11.8 Å². The number of ether oxygens (including phenoxy) is 1. The lowest BCUT2D eigenvalue weighted by atomic mass is 10.0. The van der Waals surface area contributed by atoms with Crippen LogP contribution in [-0.2, 0) is 0 Å². The molecule has 1 N–H and O–H groups in total. The monoisotopic (exact) mass is 190 g/mol. The normalized spacial score (nSPS) is 11.9. The third-order valence-corrected chi connectivity index (χ3v) is 2.04. The minimum Gasteiger partial charge on any atom is -0.495 e. The van der Waals surface area contributed by atoms with Crippen molar-refractivity contribution < 1.29 is 9.84 Å². The maximum atomic E-state index is 8.91. The Morgan fingerprint density at radius 3 is 2.86 bits per heavy atom. The van der Waals surface area contributed by atoms with Gasteiger partial charge in [-0.3, -0.25) is 0 Å². The molecular formula is C11H12NO2. The van der Waals surface area contributed by atoms with Gasteiger partial charge >= 0.3 is 0 Å². The first-order chi connectivity index (χ1) is 6.72. The van der Waals surface area contributed by atoms with Crippen LogP contribution in [0.5, 0.6) is 5.75 Å². The fourth-order valence-corrected chi connectivity index (χ4v) is 1.16. The van der Waals surface area contributed by atoms with E-state index >= 15 is 0 Å². The Labute approximate surface area is 83.6 Å². The Morgan fingerprint density at radius 2 is 2.36 bits per heavy atom. The first-order valence-electron chi connectivity index (χ1n) is 4.25. The van der Waals surface area contributed by atoms with E-state index in [-0.39, 0.29) is 12.5 Å². The zero-order valence-electron chi connectivity index (χ0n) is 8.03. The van der Waals surface area contributed by atoms with E-state index in [0.717, 1.165) is 5.56 Å². The van der Waals surface area contributed by atoms with Crippen LogP contribution < -0.4 is 4.74 Å². The second-order valence-corrected chi connectivity index (χ2v) is 2.95. The first kappa shape index (κ1) is 10.6. The average Bonchev–Trinajstić information content (AvgIpc) is 2.26. The van der Waals surface area contributed by atoms with Crippen molar-refractivity contribution >= 4 is 0 Å². The lowest BCUT2D eigenvalue weighted by molar-refractivity contribution is 0.282. The number of methoxy groups -OCH3 is 1. The Hall–Kier alpha value is -1.53. The van der Waals surface area contributed by atoms with E-state index in [1.165, 1.54) is 7.11 Å². The van der Waals surface area contributed by atoms with Crippen molar-refractivity contribution in [1.82, 2.24) is 0 Å². The highest BCUT2D eigenvalue weighted by Crippen LogP contribution is 2.23. The highest BCUT2D eigenvalue weighted by Gasteiger charge is 2.08. The molecule has 0 spiro atoms. The molecule has 14 heavy (non-hydrogen) atoms. The first-order valence-corrected chi connectivity index (χ1v) is 4.25. The minimum atomic E-state index is -0.184. The van der Waals surface area contributed by atoms with E-state index in [0.29, 0.717) is 11.3 Å². The molecule has 1 atom stereocenters. The van der Waals surface area contributed by atoms with Gasteiger partial charge in [0.15, 0.2) is 0 Å². The van der Waals surface area contributed by atoms with Crippen LogP contribution in [0.15, 0.2) is 18.2 Å². The van der Waals surface area contributed by atoms with Crippen molar-refractivity contribution in [2.24, 2.45) is 0 Å². The number of hydrogen-bond donors (Lipinski definition) is 1. The molecule has 1 unspecified atom stereocenters. The van der Waals surface area contributed by atoms with Crippen molar-refractivity contribution in [3.05, 3.63) is 36.2 Å². The second kappa shape index (κ2) is 4.64. The molecule has 1 aromatic carbocycles. The number of benzene rings is 1. The third kappa shape index (κ3) is 2.04. The highest BCUT2D eigenvalue weighted by atomic mass is 16.5. The van der Waals surface area contributed by atoms with Gasteiger partial charge in [0, 0.05) is 12.5 Å². The number of hydrogen-bond acceptors (Lipinski definition) is 3. The molecule has 3 nitrogen and oxygen atoms in total. The van der Waals surface area contributed by atoms with Gasteiger partial charge in [-0.05, 0) is 24.6 Å². The SMILES string of the molecule is [CH2]C(CO)c1ccc(C#N)c(OC)c1. The molecule has 0 amide bonds. The number of aliphatic hydroxyl groups is 1. The van der Waals surface area contributed by atoms with Gasteiger partial charge in [-0.15, -0.1) is 0 Å². The van der Waals surface area contributed by atoms with Crippen LogP contribution >= 0.6 is 0 Å². The predicted molar refractivity (Wildman–Crippen MR) is 52.9 cm³/mol. The van der Waals surface area contributed by atoms with Crippen molar-refractivity contribution in [1.29, 1.82) is 5.26 Å². The number of aliphatic hydroxyl groups excluding tert-OH is 1. The Morgan fingerprint density at radius 1 is 1.64 bits per heavy atom. The van der Waals surface area contributed by atoms with Gasteiger partial charge < -0.3 is 9.84 Å². The zero-order chi connectivity index (χ0) is 10.6. The van der Waals surface area contributed by atoms with Crippen LogP contribution in [0.2, 0.25) is 0 Å². The van der Waals surface area contributed by atoms with Crippen LogP contribution in [0.4, 0.5) is 0 Å². The van der Waals surface area contributed by atoms with E-state index in [4.69, 9.17) is 15.1 Å². The molecule has 3 heteroatoms. The molecule has 0 heterocycles. The summed E-state index contributed by atoms with van der Waals surface area (Å²) in [4.78, 5) is 0. The summed E-state index contributed by atoms with van der Waals surface area (Å²) >= 11 is 0. The molecular weight excluding hydrogens is 178 g/mol. The van der Waals surface area contributed by atoms with Crippen LogP contribution in [0.3, 0.4) is 0 Å². The summed E-state index contributed by atoms with van der Waals surface area (Å²) in [5, 5.41) is 17.7.